The molecule has 3 rings (SSSR count). The molecule has 46 heavy (non-hydrogen) atoms. The van der Waals surface area contributed by atoms with Gasteiger partial charge >= 0.3 is 19.9 Å². The molecule has 0 spiro atoms. The topological polar surface area (TPSA) is 179 Å². The Morgan fingerprint density at radius 3 is 2.57 bits per heavy atom. The quantitative estimate of drug-likeness (QED) is 0.109. The molecule has 0 unspecified atom stereocenters. The van der Waals surface area contributed by atoms with Gasteiger partial charge in [0.15, 0.2) is 0 Å². The average molecular weight is 688 g/mol. The number of ether oxygens (including phenoxy) is 1. The number of likely N-dealkylation sites (N-methyl/N-ethyl adjacent to an activating group) is 1. The Morgan fingerprint density at radius 2 is 1.83 bits per heavy atom. The van der Waals surface area contributed by atoms with Gasteiger partial charge in [-0.3, -0.25) is 14.6 Å². The zero-order valence-corrected chi connectivity index (χ0v) is 25.8. The maximum absolute atomic E-state index is 13.8. The molecule has 0 aliphatic carbocycles. The van der Waals surface area contributed by atoms with Crippen molar-refractivity contribution in [3.8, 4) is 0 Å². The Morgan fingerprint density at radius 1 is 1.09 bits per heavy atom. The monoisotopic (exact) mass is 687 g/mol. The second-order valence-corrected chi connectivity index (χ2v) is 11.4. The van der Waals surface area contributed by atoms with Crippen molar-refractivity contribution in [1.82, 2.24) is 20.5 Å². The van der Waals surface area contributed by atoms with E-state index in [1.807, 2.05) is 0 Å². The van der Waals surface area contributed by atoms with Crippen molar-refractivity contribution in [1.29, 1.82) is 0 Å². The van der Waals surface area contributed by atoms with Crippen LogP contribution in [0.2, 0.25) is 5.02 Å². The van der Waals surface area contributed by atoms with Gasteiger partial charge in [0.2, 0.25) is 5.91 Å². The van der Waals surface area contributed by atoms with Crippen molar-refractivity contribution in [2.45, 2.75) is 39.2 Å². The number of phosphoric acid groups is 1. The molecule has 0 saturated heterocycles. The number of halogens is 3. The number of pyridine rings is 1. The van der Waals surface area contributed by atoms with E-state index in [1.165, 1.54) is 48.5 Å². The molecule has 13 nitrogen and oxygen atoms in total. The Hall–Kier alpha value is -3.88. The molecule has 1 aromatic heterocycles. The third-order valence-corrected chi connectivity index (χ3v) is 7.49. The largest absolute Gasteiger partial charge is 0.469 e. The number of amides is 4. The summed E-state index contributed by atoms with van der Waals surface area (Å²) >= 11 is 6.01. The second-order valence-electron chi connectivity index (χ2n) is 9.80. The smallest absolute Gasteiger partial charge is 0.447 e. The number of benzene rings is 2. The molecule has 0 saturated carbocycles. The van der Waals surface area contributed by atoms with Crippen molar-refractivity contribution in [3.63, 3.8) is 0 Å². The normalized spacial score (nSPS) is 11.7. The van der Waals surface area contributed by atoms with Crippen LogP contribution in [0.25, 0.3) is 10.8 Å². The van der Waals surface area contributed by atoms with Crippen LogP contribution in [0.4, 0.5) is 24.2 Å². The van der Waals surface area contributed by atoms with Crippen molar-refractivity contribution in [2.75, 3.05) is 38.7 Å². The number of anilines is 1. The molecule has 17 heteroatoms. The molecule has 1 atom stereocenters. The predicted molar refractivity (Wildman–Crippen MR) is 168 cm³/mol. The van der Waals surface area contributed by atoms with Crippen molar-refractivity contribution in [2.24, 2.45) is 0 Å². The van der Waals surface area contributed by atoms with Gasteiger partial charge < -0.3 is 30.1 Å². The van der Waals surface area contributed by atoms with E-state index in [9.17, 15) is 27.7 Å². The van der Waals surface area contributed by atoms with E-state index in [-0.39, 0.29) is 56.7 Å². The fourth-order valence-electron chi connectivity index (χ4n) is 4.18. The number of nitrogens with one attached hydrogen (secondary N) is 3. The molecule has 0 radical (unpaired) electrons. The Bertz CT molecular complexity index is 1550. The first-order chi connectivity index (χ1) is 21.3. The lowest BCUT2D eigenvalue weighted by Gasteiger charge is -2.28. The molecule has 0 fully saturated rings. The SMILES string of the molecule is C.CN(C(=O)CCc1cccc(F)c1Cl)[C@@H](CCCNC(=O)NCCOP(=O)(O)O)COC(=O)Nc1cc2cc(F)ccc2cn1. The van der Waals surface area contributed by atoms with Crippen LogP contribution < -0.4 is 16.0 Å². The highest BCUT2D eigenvalue weighted by atomic mass is 35.5. The van der Waals surface area contributed by atoms with Gasteiger partial charge in [-0.25, -0.2) is 27.9 Å². The summed E-state index contributed by atoms with van der Waals surface area (Å²) in [6.07, 6.45) is 1.44. The zero-order valence-electron chi connectivity index (χ0n) is 24.2. The standard InChI is InChI=1S/C28H33ClF2N5O8P.CH4/c1-36(25(37)10-8-18-4-2-6-23(31)26(18)29)22(5-3-11-32-27(38)33-12-13-44-45(40,41)42)17-43-28(39)35-24-15-20-14-21(30)9-7-19(20)16-34-24;/h2,4,6-7,9,14-16,22H,3,5,8,10-13,17H2,1H3,(H2,32,33,38)(H,34,35,39)(H2,40,41,42);1H4/t22-;/m0./s1. The maximum Gasteiger partial charge on any atom is 0.469 e. The Kier molecular flexibility index (Phi) is 15.2. The minimum atomic E-state index is -4.64. The molecule has 2 aromatic carbocycles. The van der Waals surface area contributed by atoms with Crippen LogP contribution in [0.15, 0.2) is 48.7 Å². The van der Waals surface area contributed by atoms with Gasteiger partial charge in [-0.2, -0.15) is 0 Å². The van der Waals surface area contributed by atoms with Gasteiger partial charge in [-0.15, -0.1) is 0 Å². The van der Waals surface area contributed by atoms with Crippen molar-refractivity contribution in [3.05, 3.63) is 70.9 Å². The Balaban J connectivity index is 0.00000736. The van der Waals surface area contributed by atoms with Crippen LogP contribution in [0.3, 0.4) is 0 Å². The summed E-state index contributed by atoms with van der Waals surface area (Å²) in [6.45, 7) is -0.593. The highest BCUT2D eigenvalue weighted by molar-refractivity contribution is 7.46. The number of nitrogens with zero attached hydrogens (tertiary/aromatic N) is 2. The molecule has 0 aliphatic heterocycles. The van der Waals surface area contributed by atoms with Crippen LogP contribution in [0, 0.1) is 11.6 Å². The molecule has 252 valence electrons. The highest BCUT2D eigenvalue weighted by Gasteiger charge is 2.22. The van der Waals surface area contributed by atoms with Gasteiger partial charge in [-0.1, -0.05) is 31.2 Å². The van der Waals surface area contributed by atoms with Crippen LogP contribution in [-0.2, 0) is 25.0 Å². The molecule has 3 aromatic rings. The number of urea groups is 1. The first kappa shape index (κ1) is 38.3. The minimum Gasteiger partial charge on any atom is -0.447 e. The lowest BCUT2D eigenvalue weighted by Crippen LogP contribution is -2.42. The number of fused-ring (bicyclic) bond motifs is 1. The highest BCUT2D eigenvalue weighted by Crippen LogP contribution is 2.35. The molecule has 0 bridgehead atoms. The van der Waals surface area contributed by atoms with E-state index in [0.29, 0.717) is 29.2 Å². The number of hydrogen-bond donors (Lipinski definition) is 5. The molecule has 4 amide bonds. The van der Waals surface area contributed by atoms with Gasteiger partial charge in [0.25, 0.3) is 0 Å². The van der Waals surface area contributed by atoms with Gasteiger partial charge in [0, 0.05) is 38.1 Å². The first-order valence-corrected chi connectivity index (χ1v) is 15.6. The average Bonchev–Trinajstić information content (AvgIpc) is 2.98. The van der Waals surface area contributed by atoms with E-state index < -0.39 is 44.2 Å². The first-order valence-electron chi connectivity index (χ1n) is 13.7. The number of aromatic nitrogens is 1. The van der Waals surface area contributed by atoms with Crippen molar-refractivity contribution < 1.29 is 46.8 Å². The summed E-state index contributed by atoms with van der Waals surface area (Å²) in [5, 5.41) is 8.56. The molecule has 1 heterocycles. The molecular formula is C29H37ClF2N5O8P. The van der Waals surface area contributed by atoms with Gasteiger partial charge in [-0.05, 0) is 60.5 Å². The summed E-state index contributed by atoms with van der Waals surface area (Å²) in [6, 6.07) is 8.74. The molecule has 5 N–H and O–H groups in total. The van der Waals surface area contributed by atoms with Crippen LogP contribution >= 0.6 is 19.4 Å². The third-order valence-electron chi connectivity index (χ3n) is 6.55. The summed E-state index contributed by atoms with van der Waals surface area (Å²) in [4.78, 5) is 60.4. The van der Waals surface area contributed by atoms with Gasteiger partial charge in [0.05, 0.1) is 17.7 Å². The predicted octanol–water partition coefficient (Wildman–Crippen LogP) is 5.00. The number of hydrogen-bond acceptors (Lipinski definition) is 7. The number of carbonyl (C=O) groups is 3. The number of carbonyl (C=O) groups excluding carboxylic acids is 3. The lowest BCUT2D eigenvalue weighted by atomic mass is 10.1. The second kappa shape index (κ2) is 18.3. The fraction of sp³-hybridized carbons (Fsp3) is 0.379. The molecular weight excluding hydrogens is 651 g/mol. The van der Waals surface area contributed by atoms with Gasteiger partial charge in [0.1, 0.15) is 24.1 Å². The van der Waals surface area contributed by atoms with E-state index >= 15 is 0 Å². The Labute approximate surface area is 269 Å². The van der Waals surface area contributed by atoms with E-state index in [2.05, 4.69) is 25.5 Å². The van der Waals surface area contributed by atoms with Crippen LogP contribution in [0.1, 0.15) is 32.3 Å². The van der Waals surface area contributed by atoms with E-state index in [1.54, 1.807) is 12.1 Å². The zero-order chi connectivity index (χ0) is 33.0. The lowest BCUT2D eigenvalue weighted by molar-refractivity contribution is -0.132. The summed E-state index contributed by atoms with van der Waals surface area (Å²) < 4.78 is 47.7. The van der Waals surface area contributed by atoms with Crippen LogP contribution in [-0.4, -0.2) is 77.1 Å². The number of rotatable bonds is 15. The fourth-order valence-corrected chi connectivity index (χ4v) is 4.73. The molecule has 0 aliphatic rings. The summed E-state index contributed by atoms with van der Waals surface area (Å²) in [7, 11) is -3.11. The minimum absolute atomic E-state index is 0. The van der Waals surface area contributed by atoms with E-state index in [0.717, 1.165) is 0 Å². The van der Waals surface area contributed by atoms with Crippen molar-refractivity contribution >= 4 is 54.0 Å². The van der Waals surface area contributed by atoms with E-state index in [4.69, 9.17) is 26.1 Å². The number of phosphoric ester groups is 1. The number of aryl methyl sites for hydroxylation is 1. The summed E-state index contributed by atoms with van der Waals surface area (Å²) in [5.74, 6) is -1.23. The third kappa shape index (κ3) is 12.9. The van der Waals surface area contributed by atoms with Crippen LogP contribution in [0.5, 0.6) is 0 Å². The maximum atomic E-state index is 13.8. The summed E-state index contributed by atoms with van der Waals surface area (Å²) in [5.41, 5.74) is 0.467.